The monoisotopic (exact) mass is 291 g/mol. The summed E-state index contributed by atoms with van der Waals surface area (Å²) in [6.45, 7) is 0.818. The van der Waals surface area contributed by atoms with Gasteiger partial charge in [0.15, 0.2) is 0 Å². The number of hydrogen-bond donors (Lipinski definition) is 1. The van der Waals surface area contributed by atoms with Crippen molar-refractivity contribution in [1.29, 1.82) is 0 Å². The fourth-order valence-corrected chi connectivity index (χ4v) is 1.59. The Labute approximate surface area is 98.9 Å². The maximum Gasteiger partial charge on any atom is 0.254 e. The van der Waals surface area contributed by atoms with Gasteiger partial charge in [-0.1, -0.05) is 0 Å². The van der Waals surface area contributed by atoms with E-state index in [1.165, 1.54) is 0 Å². The summed E-state index contributed by atoms with van der Waals surface area (Å²) in [6, 6.07) is 1.69. The molecule has 6 heteroatoms. The summed E-state index contributed by atoms with van der Waals surface area (Å²) in [5, 5.41) is 2.53. The summed E-state index contributed by atoms with van der Waals surface area (Å²) in [7, 11) is 0. The molecule has 16 heavy (non-hydrogen) atoms. The van der Waals surface area contributed by atoms with Gasteiger partial charge in [0, 0.05) is 0 Å². The van der Waals surface area contributed by atoms with E-state index < -0.39 is 17.5 Å². The first kappa shape index (κ1) is 11.5. The number of ether oxygens (including phenoxy) is 1. The highest BCUT2D eigenvalue weighted by molar-refractivity contribution is 9.10. The summed E-state index contributed by atoms with van der Waals surface area (Å²) in [5.41, 5.74) is -0.299. The van der Waals surface area contributed by atoms with Crippen LogP contribution in [0.5, 0.6) is 0 Å². The van der Waals surface area contributed by atoms with Crippen molar-refractivity contribution in [2.45, 2.75) is 6.04 Å². The number of carbonyl (C=O) groups excluding carboxylic acids is 1. The van der Waals surface area contributed by atoms with Gasteiger partial charge >= 0.3 is 0 Å². The number of rotatable bonds is 2. The van der Waals surface area contributed by atoms with Gasteiger partial charge in [0.25, 0.3) is 5.91 Å². The Hall–Kier alpha value is -1.01. The highest BCUT2D eigenvalue weighted by Crippen LogP contribution is 2.20. The van der Waals surface area contributed by atoms with E-state index in [1.54, 1.807) is 0 Å². The molecule has 0 bridgehead atoms. The number of benzene rings is 1. The van der Waals surface area contributed by atoms with Crippen LogP contribution in [0.1, 0.15) is 10.4 Å². The van der Waals surface area contributed by atoms with Crippen LogP contribution in [0.4, 0.5) is 8.78 Å². The van der Waals surface area contributed by atoms with Crippen LogP contribution in [0.3, 0.4) is 0 Å². The minimum absolute atomic E-state index is 0.00599. The van der Waals surface area contributed by atoms with Gasteiger partial charge in [-0.3, -0.25) is 4.79 Å². The van der Waals surface area contributed by atoms with Crippen molar-refractivity contribution in [3.05, 3.63) is 33.8 Å². The number of carbonyl (C=O) groups is 1. The first-order valence-electron chi connectivity index (χ1n) is 4.61. The second-order valence-corrected chi connectivity index (χ2v) is 4.31. The Kier molecular flexibility index (Phi) is 3.20. The molecule has 0 spiro atoms. The second-order valence-electron chi connectivity index (χ2n) is 3.45. The molecule has 0 radical (unpaired) electrons. The lowest BCUT2D eigenvalue weighted by molar-refractivity contribution is -0.00353. The molecule has 0 saturated carbocycles. The average Bonchev–Trinajstić information content (AvgIpc) is 2.17. The summed E-state index contributed by atoms with van der Waals surface area (Å²) >= 11 is 2.84. The Morgan fingerprint density at radius 3 is 2.62 bits per heavy atom. The Bertz CT molecular complexity index is 435. The van der Waals surface area contributed by atoms with Gasteiger partial charge < -0.3 is 10.1 Å². The third-order valence-electron chi connectivity index (χ3n) is 2.23. The predicted octanol–water partition coefficient (Wildman–Crippen LogP) is 1.86. The van der Waals surface area contributed by atoms with Crippen LogP contribution in [-0.2, 0) is 4.74 Å². The fourth-order valence-electron chi connectivity index (χ4n) is 1.28. The standard InChI is InChI=1S/C10H8BrF2NO2/c11-7-2-8(12)6(1-9(7)13)10(15)14-5-3-16-4-5/h1-2,5H,3-4H2,(H,14,15). The highest BCUT2D eigenvalue weighted by atomic mass is 79.9. The van der Waals surface area contributed by atoms with E-state index in [0.717, 1.165) is 12.1 Å². The van der Waals surface area contributed by atoms with E-state index in [-0.39, 0.29) is 16.1 Å². The summed E-state index contributed by atoms with van der Waals surface area (Å²) in [4.78, 5) is 11.5. The maximum absolute atomic E-state index is 13.4. The molecule has 0 unspecified atom stereocenters. The van der Waals surface area contributed by atoms with Gasteiger partial charge in [0.05, 0.1) is 29.3 Å². The number of hydrogen-bond acceptors (Lipinski definition) is 2. The molecule has 1 aromatic carbocycles. The molecule has 3 nitrogen and oxygen atoms in total. The number of amides is 1. The largest absolute Gasteiger partial charge is 0.377 e. The van der Waals surface area contributed by atoms with Crippen molar-refractivity contribution < 1.29 is 18.3 Å². The summed E-state index contributed by atoms with van der Waals surface area (Å²) in [5.74, 6) is -2.06. The van der Waals surface area contributed by atoms with Crippen molar-refractivity contribution in [3.63, 3.8) is 0 Å². The molecule has 2 rings (SSSR count). The second kappa shape index (κ2) is 4.47. The lowest BCUT2D eigenvalue weighted by Crippen LogP contribution is -2.48. The topological polar surface area (TPSA) is 38.3 Å². The van der Waals surface area contributed by atoms with Crippen molar-refractivity contribution in [3.8, 4) is 0 Å². The molecule has 1 N–H and O–H groups in total. The van der Waals surface area contributed by atoms with Crippen molar-refractivity contribution in [2.24, 2.45) is 0 Å². The quantitative estimate of drug-likeness (QED) is 0.845. The third kappa shape index (κ3) is 2.22. The molecule has 0 aromatic heterocycles. The zero-order valence-corrected chi connectivity index (χ0v) is 9.68. The van der Waals surface area contributed by atoms with E-state index >= 15 is 0 Å². The highest BCUT2D eigenvalue weighted by Gasteiger charge is 2.23. The number of halogens is 3. The van der Waals surface area contributed by atoms with E-state index in [1.807, 2.05) is 0 Å². The first-order chi connectivity index (χ1) is 7.58. The van der Waals surface area contributed by atoms with Crippen LogP contribution in [0.15, 0.2) is 16.6 Å². The molecule has 1 saturated heterocycles. The normalized spacial score (nSPS) is 15.7. The molecule has 1 aromatic rings. The van der Waals surface area contributed by atoms with Crippen molar-refractivity contribution in [1.82, 2.24) is 5.32 Å². The van der Waals surface area contributed by atoms with Gasteiger partial charge in [-0.05, 0) is 28.1 Å². The fraction of sp³-hybridized carbons (Fsp3) is 0.300. The molecular weight excluding hydrogens is 284 g/mol. The predicted molar refractivity (Wildman–Crippen MR) is 56.1 cm³/mol. The third-order valence-corrected chi connectivity index (χ3v) is 2.84. The van der Waals surface area contributed by atoms with Gasteiger partial charge in [-0.15, -0.1) is 0 Å². The Morgan fingerprint density at radius 1 is 1.38 bits per heavy atom. The maximum atomic E-state index is 13.4. The minimum Gasteiger partial charge on any atom is -0.377 e. The van der Waals surface area contributed by atoms with Crippen LogP contribution in [-0.4, -0.2) is 25.2 Å². The van der Waals surface area contributed by atoms with E-state index in [0.29, 0.717) is 13.2 Å². The van der Waals surface area contributed by atoms with Crippen molar-refractivity contribution >= 4 is 21.8 Å². The van der Waals surface area contributed by atoms with Crippen molar-refractivity contribution in [2.75, 3.05) is 13.2 Å². The molecule has 1 heterocycles. The van der Waals surface area contributed by atoms with Crippen LogP contribution in [0.25, 0.3) is 0 Å². The summed E-state index contributed by atoms with van der Waals surface area (Å²) in [6.07, 6.45) is 0. The Balaban J connectivity index is 2.18. The first-order valence-corrected chi connectivity index (χ1v) is 5.40. The summed E-state index contributed by atoms with van der Waals surface area (Å²) < 4.78 is 31.3. The molecule has 1 amide bonds. The van der Waals surface area contributed by atoms with Crippen LogP contribution in [0.2, 0.25) is 0 Å². The zero-order chi connectivity index (χ0) is 11.7. The lowest BCUT2D eigenvalue weighted by atomic mass is 10.1. The van der Waals surface area contributed by atoms with Gasteiger partial charge in [-0.25, -0.2) is 8.78 Å². The van der Waals surface area contributed by atoms with Gasteiger partial charge in [0.2, 0.25) is 0 Å². The van der Waals surface area contributed by atoms with Crippen LogP contribution < -0.4 is 5.32 Å². The van der Waals surface area contributed by atoms with E-state index in [2.05, 4.69) is 21.2 Å². The molecule has 0 atom stereocenters. The smallest absolute Gasteiger partial charge is 0.254 e. The Morgan fingerprint density at radius 2 is 2.06 bits per heavy atom. The van der Waals surface area contributed by atoms with E-state index in [9.17, 15) is 13.6 Å². The molecular formula is C10H8BrF2NO2. The van der Waals surface area contributed by atoms with Crippen LogP contribution in [0, 0.1) is 11.6 Å². The molecule has 1 fully saturated rings. The van der Waals surface area contributed by atoms with Gasteiger partial charge in [0.1, 0.15) is 11.6 Å². The zero-order valence-electron chi connectivity index (χ0n) is 8.10. The number of nitrogens with one attached hydrogen (secondary N) is 1. The molecule has 0 aliphatic carbocycles. The SMILES string of the molecule is O=C(NC1COC1)c1cc(F)c(Br)cc1F. The van der Waals surface area contributed by atoms with Crippen LogP contribution >= 0.6 is 15.9 Å². The van der Waals surface area contributed by atoms with Gasteiger partial charge in [-0.2, -0.15) is 0 Å². The average molecular weight is 292 g/mol. The minimum atomic E-state index is -0.758. The molecule has 86 valence electrons. The molecule has 1 aliphatic heterocycles. The lowest BCUT2D eigenvalue weighted by Gasteiger charge is -2.26. The van der Waals surface area contributed by atoms with E-state index in [4.69, 9.17) is 4.74 Å². The molecule has 1 aliphatic rings.